The van der Waals surface area contributed by atoms with Gasteiger partial charge in [-0.05, 0) is 26.0 Å². The van der Waals surface area contributed by atoms with E-state index in [0.717, 1.165) is 39.5 Å². The number of aryl methyl sites for hydroxylation is 2. The first-order valence-electron chi connectivity index (χ1n) is 7.84. The van der Waals surface area contributed by atoms with Crippen molar-refractivity contribution in [3.63, 3.8) is 0 Å². The fraction of sp³-hybridized carbons (Fsp3) is 0.353. The molecule has 0 saturated heterocycles. The van der Waals surface area contributed by atoms with Gasteiger partial charge < -0.3 is 5.32 Å². The molecule has 0 radical (unpaired) electrons. The van der Waals surface area contributed by atoms with E-state index in [1.807, 2.05) is 23.9 Å². The molecule has 126 valence electrons. The molecular weight excluding hydrogens is 386 g/mol. The number of hydrogen-bond donors (Lipinski definition) is 1. The van der Waals surface area contributed by atoms with Gasteiger partial charge in [0.2, 0.25) is 0 Å². The number of halogens is 1. The standard InChI is InChI=1S/C17H20BrN5S/c1-11(19-9-8-15-20-10-21-23(15)3)16-12(2)22-17(24-16)13-4-6-14(18)7-5-13/h4-7,10-11,19H,8-9H2,1-3H3. The van der Waals surface area contributed by atoms with Crippen molar-refractivity contribution in [1.82, 2.24) is 25.1 Å². The SMILES string of the molecule is Cc1nc(-c2ccc(Br)cc2)sc1C(C)NCCc1ncnn1C. The van der Waals surface area contributed by atoms with Crippen molar-refractivity contribution < 1.29 is 0 Å². The quantitative estimate of drug-likeness (QED) is 0.675. The number of nitrogens with zero attached hydrogens (tertiary/aromatic N) is 4. The predicted molar refractivity (Wildman–Crippen MR) is 101 cm³/mol. The van der Waals surface area contributed by atoms with E-state index in [0.29, 0.717) is 0 Å². The summed E-state index contributed by atoms with van der Waals surface area (Å²) in [6.07, 6.45) is 2.45. The Hall–Kier alpha value is -1.57. The minimum atomic E-state index is 0.264. The van der Waals surface area contributed by atoms with Crippen LogP contribution in [0.25, 0.3) is 10.6 Å². The van der Waals surface area contributed by atoms with Crippen molar-refractivity contribution in [1.29, 1.82) is 0 Å². The lowest BCUT2D eigenvalue weighted by atomic mass is 10.2. The minimum absolute atomic E-state index is 0.264. The van der Waals surface area contributed by atoms with Gasteiger partial charge in [-0.15, -0.1) is 11.3 Å². The van der Waals surface area contributed by atoms with E-state index in [1.54, 1.807) is 17.7 Å². The third-order valence-corrected chi connectivity index (χ3v) is 5.84. The fourth-order valence-corrected chi connectivity index (χ4v) is 3.93. The van der Waals surface area contributed by atoms with Crippen LogP contribution in [0.15, 0.2) is 35.1 Å². The third-order valence-electron chi connectivity index (χ3n) is 3.92. The van der Waals surface area contributed by atoms with Crippen LogP contribution in [0.2, 0.25) is 0 Å². The average molecular weight is 406 g/mol. The normalized spacial score (nSPS) is 12.5. The van der Waals surface area contributed by atoms with Crippen LogP contribution in [0.3, 0.4) is 0 Å². The van der Waals surface area contributed by atoms with Crippen molar-refractivity contribution >= 4 is 27.3 Å². The van der Waals surface area contributed by atoms with Gasteiger partial charge in [0, 0.05) is 41.0 Å². The lowest BCUT2D eigenvalue weighted by Crippen LogP contribution is -2.22. The van der Waals surface area contributed by atoms with Crippen molar-refractivity contribution in [3.05, 3.63) is 51.5 Å². The molecular formula is C17H20BrN5S. The number of benzene rings is 1. The molecule has 3 aromatic rings. The maximum absolute atomic E-state index is 4.74. The first-order valence-corrected chi connectivity index (χ1v) is 9.45. The maximum Gasteiger partial charge on any atom is 0.138 e. The third kappa shape index (κ3) is 3.91. The summed E-state index contributed by atoms with van der Waals surface area (Å²) < 4.78 is 2.90. The van der Waals surface area contributed by atoms with Crippen molar-refractivity contribution in [2.75, 3.05) is 6.54 Å². The summed E-state index contributed by atoms with van der Waals surface area (Å²) in [6, 6.07) is 8.55. The van der Waals surface area contributed by atoms with E-state index in [1.165, 1.54) is 4.88 Å². The molecule has 5 nitrogen and oxygen atoms in total. The zero-order valence-electron chi connectivity index (χ0n) is 14.0. The Kier molecular flexibility index (Phi) is 5.43. The molecule has 0 amide bonds. The molecule has 24 heavy (non-hydrogen) atoms. The lowest BCUT2D eigenvalue weighted by Gasteiger charge is -2.12. The second-order valence-electron chi connectivity index (χ2n) is 5.70. The van der Waals surface area contributed by atoms with Gasteiger partial charge in [0.15, 0.2) is 0 Å². The highest BCUT2D eigenvalue weighted by Crippen LogP contribution is 2.32. The Morgan fingerprint density at radius 1 is 1.29 bits per heavy atom. The van der Waals surface area contributed by atoms with E-state index >= 15 is 0 Å². The first-order chi connectivity index (χ1) is 11.5. The molecule has 0 spiro atoms. The van der Waals surface area contributed by atoms with Gasteiger partial charge in [-0.25, -0.2) is 9.97 Å². The van der Waals surface area contributed by atoms with Gasteiger partial charge in [-0.2, -0.15) is 5.10 Å². The second-order valence-corrected chi connectivity index (χ2v) is 7.65. The minimum Gasteiger partial charge on any atom is -0.309 e. The highest BCUT2D eigenvalue weighted by atomic mass is 79.9. The summed E-state index contributed by atoms with van der Waals surface area (Å²) >= 11 is 5.23. The molecule has 0 bridgehead atoms. The summed E-state index contributed by atoms with van der Waals surface area (Å²) in [4.78, 5) is 10.3. The molecule has 0 aliphatic rings. The summed E-state index contributed by atoms with van der Waals surface area (Å²) in [5.74, 6) is 0.992. The van der Waals surface area contributed by atoms with E-state index < -0.39 is 0 Å². The fourth-order valence-electron chi connectivity index (χ4n) is 2.57. The zero-order valence-corrected chi connectivity index (χ0v) is 16.4. The van der Waals surface area contributed by atoms with Crippen LogP contribution in [0, 0.1) is 6.92 Å². The monoisotopic (exact) mass is 405 g/mol. The van der Waals surface area contributed by atoms with Gasteiger partial charge >= 0.3 is 0 Å². The largest absolute Gasteiger partial charge is 0.309 e. The zero-order chi connectivity index (χ0) is 17.1. The van der Waals surface area contributed by atoms with E-state index in [-0.39, 0.29) is 6.04 Å². The second kappa shape index (κ2) is 7.55. The van der Waals surface area contributed by atoms with E-state index in [2.05, 4.69) is 57.3 Å². The van der Waals surface area contributed by atoms with Crippen molar-refractivity contribution in [2.24, 2.45) is 7.05 Å². The first kappa shape index (κ1) is 17.3. The van der Waals surface area contributed by atoms with Crippen LogP contribution in [0.5, 0.6) is 0 Å². The van der Waals surface area contributed by atoms with Crippen molar-refractivity contribution in [3.8, 4) is 10.6 Å². The summed E-state index contributed by atoms with van der Waals surface area (Å²) in [5.41, 5.74) is 2.25. The molecule has 0 aliphatic heterocycles. The Balaban J connectivity index is 1.65. The van der Waals surface area contributed by atoms with Crippen LogP contribution in [0.1, 0.15) is 29.4 Å². The van der Waals surface area contributed by atoms with E-state index in [4.69, 9.17) is 4.98 Å². The highest BCUT2D eigenvalue weighted by Gasteiger charge is 2.15. The summed E-state index contributed by atoms with van der Waals surface area (Å²) in [5, 5.41) is 8.72. The summed E-state index contributed by atoms with van der Waals surface area (Å²) in [7, 11) is 1.92. The van der Waals surface area contributed by atoms with Crippen LogP contribution in [-0.4, -0.2) is 26.3 Å². The van der Waals surface area contributed by atoms with Gasteiger partial charge in [-0.3, -0.25) is 4.68 Å². The number of hydrogen-bond acceptors (Lipinski definition) is 5. The number of rotatable bonds is 6. The molecule has 3 rings (SSSR count). The van der Waals surface area contributed by atoms with Gasteiger partial charge in [0.25, 0.3) is 0 Å². The van der Waals surface area contributed by atoms with Crippen LogP contribution >= 0.6 is 27.3 Å². The molecule has 0 saturated carbocycles. The Bertz CT molecular complexity index is 809. The molecule has 1 aromatic carbocycles. The molecule has 1 unspecified atom stereocenters. The Morgan fingerprint density at radius 3 is 2.71 bits per heavy atom. The molecule has 0 aliphatic carbocycles. The summed E-state index contributed by atoms with van der Waals surface area (Å²) in [6.45, 7) is 5.12. The number of aromatic nitrogens is 4. The molecule has 1 N–H and O–H groups in total. The number of thiazole rings is 1. The molecule has 7 heteroatoms. The van der Waals surface area contributed by atoms with Crippen LogP contribution in [0.4, 0.5) is 0 Å². The lowest BCUT2D eigenvalue weighted by molar-refractivity contribution is 0.563. The molecule has 0 fully saturated rings. The van der Waals surface area contributed by atoms with Crippen LogP contribution in [-0.2, 0) is 13.5 Å². The maximum atomic E-state index is 4.74. The Labute approximate surface area is 154 Å². The van der Waals surface area contributed by atoms with Gasteiger partial charge in [0.1, 0.15) is 17.2 Å². The molecule has 1 atom stereocenters. The average Bonchev–Trinajstić information content (AvgIpc) is 3.14. The topological polar surface area (TPSA) is 55.6 Å². The highest BCUT2D eigenvalue weighted by molar-refractivity contribution is 9.10. The van der Waals surface area contributed by atoms with Crippen molar-refractivity contribution in [2.45, 2.75) is 26.3 Å². The number of nitrogens with one attached hydrogen (secondary N) is 1. The van der Waals surface area contributed by atoms with E-state index in [9.17, 15) is 0 Å². The molecule has 2 aromatic heterocycles. The van der Waals surface area contributed by atoms with Gasteiger partial charge in [-0.1, -0.05) is 28.1 Å². The smallest absolute Gasteiger partial charge is 0.138 e. The van der Waals surface area contributed by atoms with Crippen LogP contribution < -0.4 is 5.32 Å². The predicted octanol–water partition coefficient (Wildman–Crippen LogP) is 3.90. The van der Waals surface area contributed by atoms with Gasteiger partial charge in [0.05, 0.1) is 5.69 Å². The molecule has 2 heterocycles. The Morgan fingerprint density at radius 2 is 2.04 bits per heavy atom.